The first-order valence-corrected chi connectivity index (χ1v) is 8.98. The van der Waals surface area contributed by atoms with Crippen molar-refractivity contribution in [2.24, 2.45) is 0 Å². The average molecular weight is 431 g/mol. The maximum atomic E-state index is 14.6. The van der Waals surface area contributed by atoms with Crippen LogP contribution in [0.4, 0.5) is 39.4 Å². The van der Waals surface area contributed by atoms with Crippen molar-refractivity contribution in [1.82, 2.24) is 14.9 Å². The molecule has 12 heteroatoms. The van der Waals surface area contributed by atoms with Gasteiger partial charge in [0.1, 0.15) is 17.5 Å². The minimum Gasteiger partial charge on any atom is -0.370 e. The van der Waals surface area contributed by atoms with Gasteiger partial charge in [-0.05, 0) is 13.0 Å². The number of nitrogens with one attached hydrogen (secondary N) is 2. The van der Waals surface area contributed by atoms with Crippen LogP contribution >= 0.6 is 0 Å². The molecule has 1 atom stereocenters. The highest BCUT2D eigenvalue weighted by atomic mass is 19.4. The standard InChI is InChI=1S/C18H18F5N5O2/c1-2-24-16-11(18(21,22)23)7-25-17(27-16)26-12-4-3-10(14(19)15(12)20)13-8-28(9-29)5-6-30-13/h3-4,7,9,13H,2,5-6,8H2,1H3,(H2,24,25,26,27). The van der Waals surface area contributed by atoms with Crippen LogP contribution in [0.1, 0.15) is 24.2 Å². The lowest BCUT2D eigenvalue weighted by Crippen LogP contribution is -2.37. The third kappa shape index (κ3) is 4.58. The Bertz CT molecular complexity index is 925. The van der Waals surface area contributed by atoms with Crippen molar-refractivity contribution < 1.29 is 31.5 Å². The molecule has 0 aliphatic carbocycles. The quantitative estimate of drug-likeness (QED) is 0.539. The van der Waals surface area contributed by atoms with Crippen molar-refractivity contribution in [2.75, 3.05) is 36.9 Å². The Morgan fingerprint density at radius 3 is 2.73 bits per heavy atom. The number of benzene rings is 1. The third-order valence-electron chi connectivity index (χ3n) is 4.39. The molecule has 1 fully saturated rings. The Morgan fingerprint density at radius 2 is 2.07 bits per heavy atom. The first kappa shape index (κ1) is 21.7. The summed E-state index contributed by atoms with van der Waals surface area (Å²) in [6, 6.07) is 2.47. The Balaban J connectivity index is 1.86. The summed E-state index contributed by atoms with van der Waals surface area (Å²) in [6.45, 7) is 2.35. The van der Waals surface area contributed by atoms with Crippen LogP contribution in [0.3, 0.4) is 0 Å². The van der Waals surface area contributed by atoms with Crippen molar-refractivity contribution in [3.05, 3.63) is 41.1 Å². The number of alkyl halides is 3. The molecule has 30 heavy (non-hydrogen) atoms. The van der Waals surface area contributed by atoms with Gasteiger partial charge in [0.2, 0.25) is 12.4 Å². The molecule has 1 amide bonds. The van der Waals surface area contributed by atoms with Gasteiger partial charge in [0.05, 0.1) is 18.8 Å². The maximum Gasteiger partial charge on any atom is 0.421 e. The second-order valence-electron chi connectivity index (χ2n) is 6.40. The van der Waals surface area contributed by atoms with Gasteiger partial charge < -0.3 is 20.3 Å². The number of rotatable bonds is 6. The Labute approximate surface area is 168 Å². The predicted octanol–water partition coefficient (Wildman–Crippen LogP) is 3.48. The van der Waals surface area contributed by atoms with Crippen LogP contribution in [0.15, 0.2) is 18.3 Å². The summed E-state index contributed by atoms with van der Waals surface area (Å²) in [5, 5.41) is 4.86. The van der Waals surface area contributed by atoms with Crippen LogP contribution < -0.4 is 10.6 Å². The summed E-state index contributed by atoms with van der Waals surface area (Å²) in [7, 11) is 0. The Kier molecular flexibility index (Phi) is 6.34. The van der Waals surface area contributed by atoms with Crippen molar-refractivity contribution >= 4 is 23.9 Å². The second kappa shape index (κ2) is 8.78. The summed E-state index contributed by atoms with van der Waals surface area (Å²) in [5.74, 6) is -3.29. The number of amides is 1. The molecule has 7 nitrogen and oxygen atoms in total. The molecule has 162 valence electrons. The van der Waals surface area contributed by atoms with Gasteiger partial charge in [-0.2, -0.15) is 18.2 Å². The minimum absolute atomic E-state index is 0.0701. The Morgan fingerprint density at radius 1 is 1.30 bits per heavy atom. The predicted molar refractivity (Wildman–Crippen MR) is 97.2 cm³/mol. The van der Waals surface area contributed by atoms with Gasteiger partial charge in [-0.25, -0.2) is 13.8 Å². The highest BCUT2D eigenvalue weighted by molar-refractivity contribution is 5.58. The van der Waals surface area contributed by atoms with E-state index in [0.29, 0.717) is 19.2 Å². The largest absolute Gasteiger partial charge is 0.421 e. The average Bonchev–Trinajstić information content (AvgIpc) is 2.71. The lowest BCUT2D eigenvalue weighted by Gasteiger charge is -2.30. The molecule has 0 bridgehead atoms. The molecule has 1 aromatic heterocycles. The SMILES string of the molecule is CCNc1nc(Nc2ccc(C3CN(C=O)CCO3)c(F)c2F)ncc1C(F)(F)F. The molecule has 1 saturated heterocycles. The fraction of sp³-hybridized carbons (Fsp3) is 0.389. The van der Waals surface area contributed by atoms with E-state index < -0.39 is 35.3 Å². The molecule has 0 radical (unpaired) electrons. The van der Waals surface area contributed by atoms with E-state index in [1.54, 1.807) is 6.92 Å². The number of carbonyl (C=O) groups excluding carboxylic acids is 1. The van der Waals surface area contributed by atoms with E-state index in [2.05, 4.69) is 20.6 Å². The molecule has 2 aromatic rings. The van der Waals surface area contributed by atoms with E-state index in [1.165, 1.54) is 17.0 Å². The first-order valence-electron chi connectivity index (χ1n) is 8.98. The van der Waals surface area contributed by atoms with Crippen LogP contribution in [0, 0.1) is 11.6 Å². The molecule has 3 rings (SSSR count). The van der Waals surface area contributed by atoms with Crippen LogP contribution in [0.2, 0.25) is 0 Å². The molecular weight excluding hydrogens is 413 g/mol. The molecule has 0 spiro atoms. The smallest absolute Gasteiger partial charge is 0.370 e. The number of hydrogen-bond acceptors (Lipinski definition) is 6. The number of hydrogen-bond donors (Lipinski definition) is 2. The lowest BCUT2D eigenvalue weighted by atomic mass is 10.1. The van der Waals surface area contributed by atoms with E-state index in [1.807, 2.05) is 0 Å². The van der Waals surface area contributed by atoms with Gasteiger partial charge in [0.25, 0.3) is 0 Å². The van der Waals surface area contributed by atoms with Crippen LogP contribution in [-0.4, -0.2) is 47.5 Å². The van der Waals surface area contributed by atoms with Crippen LogP contribution in [0.25, 0.3) is 0 Å². The zero-order chi connectivity index (χ0) is 21.9. The monoisotopic (exact) mass is 431 g/mol. The summed E-state index contributed by atoms with van der Waals surface area (Å²) in [4.78, 5) is 19.6. The second-order valence-corrected chi connectivity index (χ2v) is 6.40. The van der Waals surface area contributed by atoms with E-state index in [0.717, 1.165) is 0 Å². The van der Waals surface area contributed by atoms with Crippen molar-refractivity contribution in [3.63, 3.8) is 0 Å². The molecule has 1 aliphatic heterocycles. The van der Waals surface area contributed by atoms with Gasteiger partial charge >= 0.3 is 6.18 Å². The normalized spacial score (nSPS) is 17.0. The number of nitrogens with zero attached hydrogens (tertiary/aromatic N) is 3. The summed E-state index contributed by atoms with van der Waals surface area (Å²) in [5.41, 5.74) is -1.51. The van der Waals surface area contributed by atoms with E-state index in [9.17, 15) is 26.7 Å². The van der Waals surface area contributed by atoms with Gasteiger partial charge in [-0.15, -0.1) is 0 Å². The first-order chi connectivity index (χ1) is 14.2. The Hall–Kier alpha value is -3.02. The highest BCUT2D eigenvalue weighted by Gasteiger charge is 2.35. The lowest BCUT2D eigenvalue weighted by molar-refractivity contribution is -0.137. The zero-order valence-corrected chi connectivity index (χ0v) is 15.8. The number of anilines is 3. The van der Waals surface area contributed by atoms with E-state index in [-0.39, 0.29) is 36.9 Å². The molecule has 1 aromatic carbocycles. The summed E-state index contributed by atoms with van der Waals surface area (Å²) < 4.78 is 73.7. The van der Waals surface area contributed by atoms with Crippen molar-refractivity contribution in [1.29, 1.82) is 0 Å². The number of ether oxygens (including phenoxy) is 1. The molecule has 1 aliphatic rings. The summed E-state index contributed by atoms with van der Waals surface area (Å²) in [6.07, 6.45) is -4.36. The van der Waals surface area contributed by atoms with E-state index >= 15 is 0 Å². The number of carbonyl (C=O) groups is 1. The minimum atomic E-state index is -4.68. The topological polar surface area (TPSA) is 79.4 Å². The van der Waals surface area contributed by atoms with Gasteiger partial charge in [0, 0.05) is 24.8 Å². The molecule has 2 N–H and O–H groups in total. The molecular formula is C18H18F5N5O2. The fourth-order valence-corrected chi connectivity index (χ4v) is 2.93. The zero-order valence-electron chi connectivity index (χ0n) is 15.8. The van der Waals surface area contributed by atoms with Crippen LogP contribution in [-0.2, 0) is 15.7 Å². The molecule has 0 saturated carbocycles. The molecule has 2 heterocycles. The highest BCUT2D eigenvalue weighted by Crippen LogP contribution is 2.34. The van der Waals surface area contributed by atoms with Gasteiger partial charge in [-0.3, -0.25) is 4.79 Å². The third-order valence-corrected chi connectivity index (χ3v) is 4.39. The van der Waals surface area contributed by atoms with Crippen LogP contribution in [0.5, 0.6) is 0 Å². The van der Waals surface area contributed by atoms with Crippen molar-refractivity contribution in [2.45, 2.75) is 19.2 Å². The number of halogens is 5. The fourth-order valence-electron chi connectivity index (χ4n) is 2.93. The van der Waals surface area contributed by atoms with Crippen molar-refractivity contribution in [3.8, 4) is 0 Å². The van der Waals surface area contributed by atoms with Gasteiger partial charge in [-0.1, -0.05) is 6.07 Å². The number of aromatic nitrogens is 2. The summed E-state index contributed by atoms with van der Waals surface area (Å²) >= 11 is 0. The maximum absolute atomic E-state index is 14.6. The number of morpholine rings is 1. The van der Waals surface area contributed by atoms with E-state index in [4.69, 9.17) is 4.74 Å². The van der Waals surface area contributed by atoms with Gasteiger partial charge in [0.15, 0.2) is 11.6 Å². The molecule has 1 unspecified atom stereocenters.